The van der Waals surface area contributed by atoms with Crippen molar-refractivity contribution < 1.29 is 14.3 Å². The van der Waals surface area contributed by atoms with E-state index < -0.39 is 0 Å². The van der Waals surface area contributed by atoms with Gasteiger partial charge in [-0.3, -0.25) is 0 Å². The molecule has 4 heteroatoms. The number of fused-ring (bicyclic) bond motifs is 1. The van der Waals surface area contributed by atoms with Crippen LogP contribution in [-0.4, -0.2) is 24.2 Å². The lowest BCUT2D eigenvalue weighted by molar-refractivity contribution is -0.145. The zero-order valence-corrected chi connectivity index (χ0v) is 12.4. The molecule has 1 saturated carbocycles. The molecule has 2 aromatic rings. The second-order valence-corrected chi connectivity index (χ2v) is 5.50. The number of H-pyrrole nitrogens is 1. The summed E-state index contributed by atoms with van der Waals surface area (Å²) in [6.07, 6.45) is 7.16. The molecule has 0 bridgehead atoms. The highest BCUT2D eigenvalue weighted by Gasteiger charge is 2.22. The molecule has 0 unspecified atom stereocenters. The Labute approximate surface area is 124 Å². The van der Waals surface area contributed by atoms with Crippen molar-refractivity contribution in [3.8, 4) is 5.75 Å². The quantitative estimate of drug-likeness (QED) is 0.852. The van der Waals surface area contributed by atoms with E-state index in [0.29, 0.717) is 12.5 Å². The third kappa shape index (κ3) is 2.89. The molecule has 1 aliphatic rings. The van der Waals surface area contributed by atoms with Crippen LogP contribution in [0.15, 0.2) is 24.4 Å². The molecule has 0 amide bonds. The van der Waals surface area contributed by atoms with E-state index in [1.54, 1.807) is 6.92 Å². The van der Waals surface area contributed by atoms with Gasteiger partial charge in [-0.25, -0.2) is 4.79 Å². The number of esters is 1. The van der Waals surface area contributed by atoms with Gasteiger partial charge in [-0.1, -0.05) is 18.9 Å². The maximum Gasteiger partial charge on any atom is 0.344 e. The van der Waals surface area contributed by atoms with Crippen LogP contribution in [0.4, 0.5) is 0 Å². The molecule has 1 fully saturated rings. The van der Waals surface area contributed by atoms with Gasteiger partial charge in [0.05, 0.1) is 6.61 Å². The second-order valence-electron chi connectivity index (χ2n) is 5.50. The van der Waals surface area contributed by atoms with Crippen molar-refractivity contribution in [2.75, 3.05) is 13.2 Å². The predicted octanol–water partition coefficient (Wildman–Crippen LogP) is 3.77. The van der Waals surface area contributed by atoms with Crippen LogP contribution in [0.3, 0.4) is 0 Å². The molecule has 0 atom stereocenters. The Morgan fingerprint density at radius 3 is 2.90 bits per heavy atom. The molecule has 1 heterocycles. The van der Waals surface area contributed by atoms with Gasteiger partial charge in [0.1, 0.15) is 5.75 Å². The number of rotatable bonds is 5. The molecule has 21 heavy (non-hydrogen) atoms. The van der Waals surface area contributed by atoms with Crippen molar-refractivity contribution in [1.29, 1.82) is 0 Å². The van der Waals surface area contributed by atoms with Crippen molar-refractivity contribution in [3.05, 3.63) is 30.0 Å². The molecule has 112 valence electrons. The van der Waals surface area contributed by atoms with Crippen LogP contribution >= 0.6 is 0 Å². The average molecular weight is 287 g/mol. The van der Waals surface area contributed by atoms with Crippen LogP contribution in [0.25, 0.3) is 10.9 Å². The molecule has 0 aliphatic heterocycles. The Bertz CT molecular complexity index is 626. The highest BCUT2D eigenvalue weighted by molar-refractivity contribution is 5.90. The molecule has 3 rings (SSSR count). The van der Waals surface area contributed by atoms with Gasteiger partial charge in [-0.2, -0.15) is 0 Å². The van der Waals surface area contributed by atoms with Crippen LogP contribution in [0.1, 0.15) is 44.1 Å². The van der Waals surface area contributed by atoms with E-state index in [4.69, 9.17) is 9.47 Å². The topological polar surface area (TPSA) is 51.3 Å². The lowest BCUT2D eigenvalue weighted by Crippen LogP contribution is -2.14. The summed E-state index contributed by atoms with van der Waals surface area (Å²) in [5.41, 5.74) is 2.39. The summed E-state index contributed by atoms with van der Waals surface area (Å²) in [6, 6.07) is 5.91. The van der Waals surface area contributed by atoms with Crippen molar-refractivity contribution in [1.82, 2.24) is 4.98 Å². The minimum absolute atomic E-state index is 0.0394. The third-order valence-electron chi connectivity index (χ3n) is 4.14. The largest absolute Gasteiger partial charge is 0.481 e. The summed E-state index contributed by atoms with van der Waals surface area (Å²) in [5.74, 6) is 1.04. The van der Waals surface area contributed by atoms with Crippen molar-refractivity contribution >= 4 is 16.9 Å². The van der Waals surface area contributed by atoms with Gasteiger partial charge < -0.3 is 14.5 Å². The number of aromatic amines is 1. The monoisotopic (exact) mass is 287 g/mol. The summed E-state index contributed by atoms with van der Waals surface area (Å²) >= 11 is 0. The molecule has 0 radical (unpaired) electrons. The summed E-state index contributed by atoms with van der Waals surface area (Å²) in [4.78, 5) is 14.8. The molecule has 1 aromatic carbocycles. The molecule has 0 saturated heterocycles. The Morgan fingerprint density at radius 1 is 1.33 bits per heavy atom. The smallest absolute Gasteiger partial charge is 0.344 e. The van der Waals surface area contributed by atoms with Crippen LogP contribution in [-0.2, 0) is 9.53 Å². The van der Waals surface area contributed by atoms with Crippen molar-refractivity contribution in [2.24, 2.45) is 0 Å². The Hall–Kier alpha value is -1.97. The number of nitrogens with one attached hydrogen (secondary N) is 1. The normalized spacial score (nSPS) is 15.5. The lowest BCUT2D eigenvalue weighted by atomic mass is 9.97. The molecule has 4 nitrogen and oxygen atoms in total. The minimum atomic E-state index is -0.326. The Balaban J connectivity index is 1.87. The molecular weight excluding hydrogens is 266 g/mol. The summed E-state index contributed by atoms with van der Waals surface area (Å²) < 4.78 is 10.6. The number of carbonyl (C=O) groups excluding carboxylic acids is 1. The maximum atomic E-state index is 11.5. The second kappa shape index (κ2) is 6.20. The van der Waals surface area contributed by atoms with Gasteiger partial charge in [-0.05, 0) is 43.4 Å². The lowest BCUT2D eigenvalue weighted by Gasteiger charge is -2.11. The van der Waals surface area contributed by atoms with Gasteiger partial charge in [0.25, 0.3) is 0 Å². The number of hydrogen-bond donors (Lipinski definition) is 1. The van der Waals surface area contributed by atoms with Crippen LogP contribution in [0.5, 0.6) is 5.75 Å². The highest BCUT2D eigenvalue weighted by atomic mass is 16.6. The summed E-state index contributed by atoms with van der Waals surface area (Å²) in [7, 11) is 0. The number of aromatic nitrogens is 1. The summed E-state index contributed by atoms with van der Waals surface area (Å²) in [5, 5.41) is 1.12. The standard InChI is InChI=1S/C17H21NO3/c1-2-20-16(19)11-21-15-9-5-8-14-17(15)13(10-18-14)12-6-3-4-7-12/h5,8-10,12,18H,2-4,6-7,11H2,1H3. The first-order valence-electron chi connectivity index (χ1n) is 7.68. The van der Waals surface area contributed by atoms with Gasteiger partial charge in [0.2, 0.25) is 0 Å². The van der Waals surface area contributed by atoms with Gasteiger partial charge in [-0.15, -0.1) is 0 Å². The molecule has 1 N–H and O–H groups in total. The zero-order chi connectivity index (χ0) is 14.7. The number of ether oxygens (including phenoxy) is 2. The Kier molecular flexibility index (Phi) is 4.13. The number of benzene rings is 1. The third-order valence-corrected chi connectivity index (χ3v) is 4.14. The van der Waals surface area contributed by atoms with E-state index in [2.05, 4.69) is 11.2 Å². The number of hydrogen-bond acceptors (Lipinski definition) is 3. The van der Waals surface area contributed by atoms with Gasteiger partial charge in [0, 0.05) is 17.1 Å². The van der Waals surface area contributed by atoms with Crippen LogP contribution in [0, 0.1) is 0 Å². The predicted molar refractivity (Wildman–Crippen MR) is 81.6 cm³/mol. The first kappa shape index (κ1) is 14.0. The molecular formula is C17H21NO3. The van der Waals surface area contributed by atoms with Crippen molar-refractivity contribution in [3.63, 3.8) is 0 Å². The maximum absolute atomic E-state index is 11.5. The average Bonchev–Trinajstić information content (AvgIpc) is 3.14. The Morgan fingerprint density at radius 2 is 2.14 bits per heavy atom. The fourth-order valence-corrected chi connectivity index (χ4v) is 3.20. The molecule has 0 spiro atoms. The van der Waals surface area contributed by atoms with Gasteiger partial charge in [0.15, 0.2) is 6.61 Å². The van der Waals surface area contributed by atoms with E-state index in [-0.39, 0.29) is 12.6 Å². The first-order chi connectivity index (χ1) is 10.3. The van der Waals surface area contributed by atoms with E-state index in [9.17, 15) is 4.79 Å². The van der Waals surface area contributed by atoms with Crippen molar-refractivity contribution in [2.45, 2.75) is 38.5 Å². The van der Waals surface area contributed by atoms with Gasteiger partial charge >= 0.3 is 5.97 Å². The number of carbonyl (C=O) groups is 1. The van der Waals surface area contributed by atoms with Crippen LogP contribution in [0.2, 0.25) is 0 Å². The fraction of sp³-hybridized carbons (Fsp3) is 0.471. The highest BCUT2D eigenvalue weighted by Crippen LogP contribution is 2.40. The molecule has 1 aliphatic carbocycles. The zero-order valence-electron chi connectivity index (χ0n) is 12.4. The van der Waals surface area contributed by atoms with E-state index in [0.717, 1.165) is 16.7 Å². The minimum Gasteiger partial charge on any atom is -0.481 e. The first-order valence-corrected chi connectivity index (χ1v) is 7.68. The van der Waals surface area contributed by atoms with E-state index in [1.165, 1.54) is 31.2 Å². The molecule has 1 aromatic heterocycles. The summed E-state index contributed by atoms with van der Waals surface area (Å²) in [6.45, 7) is 2.13. The van der Waals surface area contributed by atoms with E-state index >= 15 is 0 Å². The van der Waals surface area contributed by atoms with Crippen LogP contribution < -0.4 is 4.74 Å². The SMILES string of the molecule is CCOC(=O)COc1cccc2[nH]cc(C3CCCC3)c12. The fourth-order valence-electron chi connectivity index (χ4n) is 3.20. The van der Waals surface area contributed by atoms with E-state index in [1.807, 2.05) is 18.2 Å².